The summed E-state index contributed by atoms with van der Waals surface area (Å²) in [7, 11) is 0. The number of rotatable bonds is 17. The van der Waals surface area contributed by atoms with E-state index in [2.05, 4.69) is 16.0 Å². The first kappa shape index (κ1) is 31.3. The Balaban J connectivity index is 5.51. The first-order valence-corrected chi connectivity index (χ1v) is 11.7. The van der Waals surface area contributed by atoms with Gasteiger partial charge in [0.1, 0.15) is 18.1 Å². The van der Waals surface area contributed by atoms with E-state index in [1.807, 2.05) is 13.8 Å². The van der Waals surface area contributed by atoms with E-state index in [0.717, 1.165) is 0 Å². The van der Waals surface area contributed by atoms with E-state index in [9.17, 15) is 29.1 Å². The van der Waals surface area contributed by atoms with Crippen molar-refractivity contribution in [3.05, 3.63) is 0 Å². The van der Waals surface area contributed by atoms with Gasteiger partial charge in [-0.3, -0.25) is 19.2 Å². The van der Waals surface area contributed by atoms with Gasteiger partial charge in [0.05, 0.1) is 6.04 Å². The second-order valence-corrected chi connectivity index (χ2v) is 9.21. The van der Waals surface area contributed by atoms with Gasteiger partial charge in [-0.05, 0) is 50.5 Å². The van der Waals surface area contributed by atoms with Gasteiger partial charge in [-0.2, -0.15) is 0 Å². The number of carboxylic acid groups (broad SMARTS) is 1. The molecule has 0 fully saturated rings. The molecule has 4 amide bonds. The van der Waals surface area contributed by atoms with Crippen molar-refractivity contribution in [2.45, 2.75) is 90.4 Å². The average molecular weight is 487 g/mol. The van der Waals surface area contributed by atoms with Crippen LogP contribution in [0.15, 0.2) is 0 Å². The van der Waals surface area contributed by atoms with Crippen LogP contribution >= 0.6 is 0 Å². The van der Waals surface area contributed by atoms with E-state index in [4.69, 9.17) is 17.2 Å². The summed E-state index contributed by atoms with van der Waals surface area (Å²) in [6.45, 7) is 7.68. The SMILES string of the molecule is CC(C)CC(NC(=O)C(CCCCN)NC(=O)C(N)C(C)C)C(=O)NC(CCC(N)=O)C(=O)O. The second-order valence-electron chi connectivity index (χ2n) is 9.21. The molecule has 0 rings (SSSR count). The van der Waals surface area contributed by atoms with E-state index in [1.54, 1.807) is 13.8 Å². The van der Waals surface area contributed by atoms with Crippen molar-refractivity contribution in [3.8, 4) is 0 Å². The minimum Gasteiger partial charge on any atom is -0.480 e. The molecule has 0 saturated heterocycles. The molecule has 0 spiro atoms. The molecule has 12 nitrogen and oxygen atoms in total. The zero-order valence-corrected chi connectivity index (χ0v) is 20.6. The molecule has 34 heavy (non-hydrogen) atoms. The van der Waals surface area contributed by atoms with Crippen molar-refractivity contribution in [2.75, 3.05) is 6.54 Å². The quantitative estimate of drug-likeness (QED) is 0.125. The molecule has 0 bridgehead atoms. The Morgan fingerprint density at radius 1 is 0.794 bits per heavy atom. The van der Waals surface area contributed by atoms with Crippen LogP contribution in [-0.2, 0) is 24.0 Å². The minimum absolute atomic E-state index is 0.00964. The summed E-state index contributed by atoms with van der Waals surface area (Å²) in [5.74, 6) is -3.92. The lowest BCUT2D eigenvalue weighted by molar-refractivity contribution is -0.142. The molecular formula is C22H42N6O6. The van der Waals surface area contributed by atoms with Crippen LogP contribution in [0.25, 0.3) is 0 Å². The Bertz CT molecular complexity index is 699. The third-order valence-corrected chi connectivity index (χ3v) is 5.23. The van der Waals surface area contributed by atoms with Crippen LogP contribution < -0.4 is 33.2 Å². The van der Waals surface area contributed by atoms with Gasteiger partial charge >= 0.3 is 5.97 Å². The van der Waals surface area contributed by atoms with Crippen LogP contribution in [-0.4, -0.2) is 65.4 Å². The van der Waals surface area contributed by atoms with Crippen LogP contribution in [0.1, 0.15) is 66.2 Å². The summed E-state index contributed by atoms with van der Waals surface area (Å²) >= 11 is 0. The molecular weight excluding hydrogens is 444 g/mol. The molecule has 4 unspecified atom stereocenters. The van der Waals surface area contributed by atoms with Gasteiger partial charge in [0.2, 0.25) is 23.6 Å². The Morgan fingerprint density at radius 2 is 1.32 bits per heavy atom. The summed E-state index contributed by atoms with van der Waals surface area (Å²) in [6.07, 6.45) is 1.35. The lowest BCUT2D eigenvalue weighted by Crippen LogP contribution is -2.57. The van der Waals surface area contributed by atoms with Crippen LogP contribution in [0, 0.1) is 11.8 Å². The fraction of sp³-hybridized carbons (Fsp3) is 0.773. The van der Waals surface area contributed by atoms with Gasteiger partial charge < -0.3 is 38.3 Å². The molecule has 0 heterocycles. The highest BCUT2D eigenvalue weighted by Gasteiger charge is 2.31. The number of hydrogen-bond acceptors (Lipinski definition) is 7. The van der Waals surface area contributed by atoms with Gasteiger partial charge in [0.25, 0.3) is 0 Å². The van der Waals surface area contributed by atoms with Gasteiger partial charge in [-0.15, -0.1) is 0 Å². The largest absolute Gasteiger partial charge is 0.480 e. The van der Waals surface area contributed by atoms with Crippen LogP contribution in [0.4, 0.5) is 0 Å². The number of carboxylic acids is 1. The number of carbonyl (C=O) groups excluding carboxylic acids is 4. The van der Waals surface area contributed by atoms with E-state index in [0.29, 0.717) is 25.8 Å². The second kappa shape index (κ2) is 16.0. The summed E-state index contributed by atoms with van der Waals surface area (Å²) in [4.78, 5) is 60.8. The van der Waals surface area contributed by atoms with Gasteiger partial charge in [-0.25, -0.2) is 4.79 Å². The van der Waals surface area contributed by atoms with Crippen molar-refractivity contribution < 1.29 is 29.1 Å². The number of amides is 4. The molecule has 12 heteroatoms. The smallest absolute Gasteiger partial charge is 0.326 e. The van der Waals surface area contributed by atoms with E-state index < -0.39 is 53.8 Å². The number of nitrogens with one attached hydrogen (secondary N) is 3. The van der Waals surface area contributed by atoms with E-state index >= 15 is 0 Å². The Morgan fingerprint density at radius 3 is 1.79 bits per heavy atom. The minimum atomic E-state index is -1.34. The first-order chi connectivity index (χ1) is 15.8. The molecule has 0 saturated carbocycles. The number of aliphatic carboxylic acids is 1. The number of nitrogens with two attached hydrogens (primary N) is 3. The normalized spacial score (nSPS) is 14.7. The van der Waals surface area contributed by atoms with E-state index in [-0.39, 0.29) is 31.1 Å². The Hall–Kier alpha value is -2.73. The lowest BCUT2D eigenvalue weighted by atomic mass is 10.00. The number of carbonyl (C=O) groups is 5. The highest BCUT2D eigenvalue weighted by atomic mass is 16.4. The molecule has 196 valence electrons. The van der Waals surface area contributed by atoms with Gasteiger partial charge in [0, 0.05) is 6.42 Å². The van der Waals surface area contributed by atoms with Crippen molar-refractivity contribution in [2.24, 2.45) is 29.0 Å². The maximum absolute atomic E-state index is 13.0. The third-order valence-electron chi connectivity index (χ3n) is 5.23. The summed E-state index contributed by atoms with van der Waals surface area (Å²) in [5, 5.41) is 17.0. The maximum Gasteiger partial charge on any atom is 0.326 e. The van der Waals surface area contributed by atoms with Crippen molar-refractivity contribution in [3.63, 3.8) is 0 Å². The number of primary amides is 1. The monoisotopic (exact) mass is 486 g/mol. The summed E-state index contributed by atoms with van der Waals surface area (Å²) in [6, 6.07) is -4.12. The molecule has 0 aromatic heterocycles. The third kappa shape index (κ3) is 12.5. The molecule has 0 aromatic carbocycles. The standard InChI is InChI=1S/C22H42N6O6/c1-12(2)11-16(20(31)27-15(22(33)34)8-9-17(24)29)28-19(30)14(7-5-6-10-23)26-21(32)18(25)13(3)4/h12-16,18H,5-11,23,25H2,1-4H3,(H2,24,29)(H,26,32)(H,27,31)(H,28,30)(H,33,34). The van der Waals surface area contributed by atoms with Crippen molar-refractivity contribution >= 4 is 29.6 Å². The number of hydrogen-bond donors (Lipinski definition) is 7. The lowest BCUT2D eigenvalue weighted by Gasteiger charge is -2.26. The summed E-state index contributed by atoms with van der Waals surface area (Å²) in [5.41, 5.74) is 16.5. The topological polar surface area (TPSA) is 220 Å². The molecule has 0 aliphatic rings. The first-order valence-electron chi connectivity index (χ1n) is 11.7. The Labute approximate surface area is 201 Å². The Kier molecular flexibility index (Phi) is 14.7. The van der Waals surface area contributed by atoms with Crippen molar-refractivity contribution in [1.29, 1.82) is 0 Å². The van der Waals surface area contributed by atoms with E-state index in [1.165, 1.54) is 0 Å². The van der Waals surface area contributed by atoms with Crippen molar-refractivity contribution in [1.82, 2.24) is 16.0 Å². The molecule has 10 N–H and O–H groups in total. The fourth-order valence-corrected chi connectivity index (χ4v) is 3.12. The van der Waals surface area contributed by atoms with Crippen LogP contribution in [0.3, 0.4) is 0 Å². The molecule has 0 aliphatic heterocycles. The molecule has 4 atom stereocenters. The van der Waals surface area contributed by atoms with Gasteiger partial charge in [0.15, 0.2) is 0 Å². The highest BCUT2D eigenvalue weighted by molar-refractivity contribution is 5.94. The predicted octanol–water partition coefficient (Wildman–Crippen LogP) is -1.05. The van der Waals surface area contributed by atoms with Gasteiger partial charge in [-0.1, -0.05) is 27.7 Å². The average Bonchev–Trinajstić information content (AvgIpc) is 2.73. The van der Waals surface area contributed by atoms with Crippen LogP contribution in [0.5, 0.6) is 0 Å². The fourth-order valence-electron chi connectivity index (χ4n) is 3.12. The molecule has 0 radical (unpaired) electrons. The molecule has 0 aromatic rings. The molecule has 0 aliphatic carbocycles. The predicted molar refractivity (Wildman–Crippen MR) is 127 cm³/mol. The number of unbranched alkanes of at least 4 members (excludes halogenated alkanes) is 1. The summed E-state index contributed by atoms with van der Waals surface area (Å²) < 4.78 is 0. The maximum atomic E-state index is 13.0. The highest BCUT2D eigenvalue weighted by Crippen LogP contribution is 2.09. The zero-order valence-electron chi connectivity index (χ0n) is 20.6. The zero-order chi connectivity index (χ0) is 26.4. The van der Waals surface area contributed by atoms with Crippen LogP contribution in [0.2, 0.25) is 0 Å².